The number of amidine groups is 1. The monoisotopic (exact) mass is 652 g/mol. The number of rotatable bonds is 7. The topological polar surface area (TPSA) is 113 Å². The molecule has 2 N–H and O–H groups in total. The fourth-order valence-electron chi connectivity index (χ4n) is 7.29. The first kappa shape index (κ1) is 29.0. The van der Waals surface area contributed by atoms with Gasteiger partial charge in [0.25, 0.3) is 0 Å². The maximum Gasteiger partial charge on any atom is 0.333 e. The maximum atomic E-state index is 14.1. The zero-order valence-electron chi connectivity index (χ0n) is 22.7. The van der Waals surface area contributed by atoms with Gasteiger partial charge in [0.15, 0.2) is 10.8 Å². The van der Waals surface area contributed by atoms with Crippen LogP contribution >= 0.6 is 22.9 Å². The number of alkyl halides is 2. The molecule has 0 radical (unpaired) electrons. The fourth-order valence-corrected chi connectivity index (χ4v) is 10.5. The van der Waals surface area contributed by atoms with E-state index in [2.05, 4.69) is 14.8 Å². The van der Waals surface area contributed by atoms with E-state index in [-0.39, 0.29) is 35.5 Å². The molecule has 2 aliphatic carbocycles. The summed E-state index contributed by atoms with van der Waals surface area (Å²) < 4.78 is 72.3. The highest BCUT2D eigenvalue weighted by Gasteiger charge is 2.50. The van der Waals surface area contributed by atoms with E-state index in [1.54, 1.807) is 11.6 Å². The van der Waals surface area contributed by atoms with Crippen molar-refractivity contribution < 1.29 is 26.7 Å². The van der Waals surface area contributed by atoms with E-state index in [9.17, 15) is 26.7 Å². The van der Waals surface area contributed by atoms with Gasteiger partial charge in [0.2, 0.25) is 10.0 Å². The Morgan fingerprint density at radius 2 is 1.93 bits per heavy atom. The van der Waals surface area contributed by atoms with Crippen molar-refractivity contribution in [3.63, 3.8) is 0 Å². The molecule has 4 aliphatic rings. The molecule has 4 atom stereocenters. The number of nitrogens with one attached hydrogen (secondary N) is 1. The van der Waals surface area contributed by atoms with Crippen LogP contribution in [0.1, 0.15) is 61.0 Å². The molecular weight excluding hydrogens is 625 g/mol. The average molecular weight is 653 g/mol. The molecule has 2 aliphatic heterocycles. The van der Waals surface area contributed by atoms with Crippen LogP contribution in [0, 0.1) is 17.7 Å². The molecule has 1 aromatic carbocycles. The molecule has 2 unspecified atom stereocenters. The number of aliphatic hydroxyl groups excluding tert-OH is 1. The Labute approximate surface area is 255 Å². The molecule has 2 aromatic heterocycles. The third kappa shape index (κ3) is 5.20. The molecule has 15 heteroatoms. The van der Waals surface area contributed by atoms with Crippen molar-refractivity contribution in [3.8, 4) is 0 Å². The van der Waals surface area contributed by atoms with Crippen molar-refractivity contribution in [2.75, 3.05) is 6.54 Å². The highest BCUT2D eigenvalue weighted by molar-refractivity contribution is 7.90. The van der Waals surface area contributed by atoms with Gasteiger partial charge in [-0.3, -0.25) is 4.99 Å². The Morgan fingerprint density at radius 1 is 1.16 bits per heavy atom. The summed E-state index contributed by atoms with van der Waals surface area (Å²) in [5.41, 5.74) is 1.82. The predicted molar refractivity (Wildman–Crippen MR) is 156 cm³/mol. The minimum absolute atomic E-state index is 0.0965. The van der Waals surface area contributed by atoms with E-state index < -0.39 is 45.8 Å². The number of aliphatic imine (C=N–C) groups is 1. The van der Waals surface area contributed by atoms with Crippen molar-refractivity contribution >= 4 is 44.4 Å². The van der Waals surface area contributed by atoms with Gasteiger partial charge in [-0.15, -0.1) is 11.3 Å². The molecule has 3 aromatic rings. The lowest BCUT2D eigenvalue weighted by Crippen LogP contribution is -2.48. The van der Waals surface area contributed by atoms with Crippen LogP contribution in [-0.4, -0.2) is 63.0 Å². The van der Waals surface area contributed by atoms with Crippen LogP contribution in [0.25, 0.3) is 5.57 Å². The average Bonchev–Trinajstić information content (AvgIpc) is 3.74. The van der Waals surface area contributed by atoms with Crippen molar-refractivity contribution in [1.82, 2.24) is 24.4 Å². The van der Waals surface area contributed by atoms with Gasteiger partial charge in [-0.05, 0) is 55.7 Å². The van der Waals surface area contributed by atoms with Crippen LogP contribution in [0.2, 0.25) is 5.02 Å². The maximum absolute atomic E-state index is 14.1. The van der Waals surface area contributed by atoms with Gasteiger partial charge in [0.05, 0.1) is 17.0 Å². The van der Waals surface area contributed by atoms with Crippen LogP contribution in [-0.2, 0) is 10.0 Å². The largest absolute Gasteiger partial charge is 0.393 e. The number of nitrogens with zero attached hydrogens (tertiary/aromatic N) is 5. The van der Waals surface area contributed by atoms with Gasteiger partial charge in [-0.2, -0.15) is 13.9 Å². The Hall–Kier alpha value is -2.78. The van der Waals surface area contributed by atoms with Gasteiger partial charge < -0.3 is 10.0 Å². The third-order valence-corrected chi connectivity index (χ3v) is 12.1. The van der Waals surface area contributed by atoms with Gasteiger partial charge >= 0.3 is 6.55 Å². The van der Waals surface area contributed by atoms with E-state index in [4.69, 9.17) is 16.6 Å². The van der Waals surface area contributed by atoms with Crippen molar-refractivity contribution in [3.05, 3.63) is 74.8 Å². The normalized spacial score (nSPS) is 29.0. The lowest BCUT2D eigenvalue weighted by molar-refractivity contribution is 0.0564. The Bertz CT molecular complexity index is 1700. The smallest absolute Gasteiger partial charge is 0.333 e. The number of sulfonamides is 1. The predicted octanol–water partition coefficient (Wildman–Crippen LogP) is 4.98. The Balaban J connectivity index is 1.31. The number of thiazole rings is 1. The summed E-state index contributed by atoms with van der Waals surface area (Å²) in [5.74, 6) is -0.248. The third-order valence-electron chi connectivity index (χ3n) is 8.90. The second kappa shape index (κ2) is 11.0. The molecule has 9 nitrogen and oxygen atoms in total. The zero-order chi connectivity index (χ0) is 30.0. The van der Waals surface area contributed by atoms with Crippen molar-refractivity contribution in [2.45, 2.75) is 62.1 Å². The summed E-state index contributed by atoms with van der Waals surface area (Å²) in [5, 5.41) is 16.3. The molecule has 0 spiro atoms. The lowest BCUT2D eigenvalue weighted by atomic mass is 9.86. The molecule has 0 amide bonds. The number of aromatic nitrogens is 3. The highest BCUT2D eigenvalue weighted by Crippen LogP contribution is 2.48. The van der Waals surface area contributed by atoms with Gasteiger partial charge in [-0.1, -0.05) is 17.7 Å². The minimum Gasteiger partial charge on any atom is -0.393 e. The SMILES string of the molecule is O=S(=O)(N[C@H]1CC2=C(c3ccn(C(F)F)n3)[C@H](c3ccc(F)cc3Cl)N=C(c3nccs3)N2C1)C1C2CCC1CC(O)C2. The van der Waals surface area contributed by atoms with Gasteiger partial charge in [-0.25, -0.2) is 27.2 Å². The number of hydrogen-bond acceptors (Lipinski definition) is 8. The van der Waals surface area contributed by atoms with Crippen molar-refractivity contribution in [2.24, 2.45) is 16.8 Å². The number of halogens is 4. The van der Waals surface area contributed by atoms with Gasteiger partial charge in [0.1, 0.15) is 11.9 Å². The molecule has 43 heavy (non-hydrogen) atoms. The van der Waals surface area contributed by atoms with E-state index in [1.807, 2.05) is 4.90 Å². The summed E-state index contributed by atoms with van der Waals surface area (Å²) in [7, 11) is -3.75. The van der Waals surface area contributed by atoms with Crippen LogP contribution in [0.4, 0.5) is 13.2 Å². The first-order chi connectivity index (χ1) is 20.6. The van der Waals surface area contributed by atoms with E-state index >= 15 is 0 Å². The molecular formula is C28H28ClF3N6O3S2. The first-order valence-corrected chi connectivity index (χ1v) is 16.9. The second-order valence-electron chi connectivity index (χ2n) is 11.5. The highest BCUT2D eigenvalue weighted by atomic mass is 35.5. The molecule has 2 saturated carbocycles. The first-order valence-electron chi connectivity index (χ1n) is 14.0. The van der Waals surface area contributed by atoms with E-state index in [1.165, 1.54) is 41.8 Å². The molecule has 1 saturated heterocycles. The summed E-state index contributed by atoms with van der Waals surface area (Å²) in [6.45, 7) is -2.63. The molecule has 4 heterocycles. The van der Waals surface area contributed by atoms with Crippen LogP contribution in [0.5, 0.6) is 0 Å². The minimum atomic E-state index is -3.75. The summed E-state index contributed by atoms with van der Waals surface area (Å²) >= 11 is 7.87. The fraction of sp³-hybridized carbons (Fsp3) is 0.464. The number of aliphatic hydroxyl groups is 1. The summed E-state index contributed by atoms with van der Waals surface area (Å²) in [4.78, 5) is 11.3. The van der Waals surface area contributed by atoms with Crippen LogP contribution < -0.4 is 4.72 Å². The van der Waals surface area contributed by atoms with Crippen LogP contribution in [0.15, 0.2) is 52.7 Å². The number of fused-ring (bicyclic) bond motifs is 3. The van der Waals surface area contributed by atoms with E-state index in [0.29, 0.717) is 45.2 Å². The lowest BCUT2D eigenvalue weighted by Gasteiger charge is -2.33. The van der Waals surface area contributed by atoms with Crippen molar-refractivity contribution in [1.29, 1.82) is 0 Å². The molecule has 2 bridgehead atoms. The summed E-state index contributed by atoms with van der Waals surface area (Å²) in [6, 6.07) is 4.00. The quantitative estimate of drug-likeness (QED) is 0.372. The summed E-state index contributed by atoms with van der Waals surface area (Å²) in [6.07, 6.45) is 5.06. The number of benzene rings is 1. The Morgan fingerprint density at radius 3 is 2.58 bits per heavy atom. The zero-order valence-corrected chi connectivity index (χ0v) is 25.0. The standard InChI is InChI=1S/C28H28ClF3N6O3S2/c29-20-11-16(30)3-4-19(20)24-23(21-5-7-38(35-21)28(31)32)22-12-17(13-37(22)26(34-24)27-33-6-8-42-27)36-43(40,41)25-14-1-2-15(25)10-18(39)9-14/h3-8,11,14-15,17-18,24-25,28,36,39H,1-2,9-10,12-13H2/t14?,15?,17-,18?,24-,25?/m0/s1. The second-order valence-corrected chi connectivity index (χ2v) is 14.7. The van der Waals surface area contributed by atoms with E-state index in [0.717, 1.165) is 12.8 Å². The Kier molecular flexibility index (Phi) is 7.40. The number of hydrogen-bond donors (Lipinski definition) is 2. The van der Waals surface area contributed by atoms with Crippen LogP contribution in [0.3, 0.4) is 0 Å². The molecule has 3 fully saturated rings. The molecule has 7 rings (SSSR count). The van der Waals surface area contributed by atoms with Gasteiger partial charge in [0, 0.05) is 58.6 Å². The molecule has 228 valence electrons.